The van der Waals surface area contributed by atoms with Crippen LogP contribution in [0.15, 0.2) is 29.3 Å². The van der Waals surface area contributed by atoms with Crippen LogP contribution in [-0.4, -0.2) is 44.0 Å². The van der Waals surface area contributed by atoms with Crippen LogP contribution in [-0.2, 0) is 6.54 Å². The number of nitrogens with two attached hydrogens (primary N) is 2. The number of carbonyl (C=O) groups is 1. The molecule has 0 fully saturated rings. The molecule has 1 rings (SSSR count). The minimum Gasteiger partial charge on any atom is -0.370 e. The first kappa shape index (κ1) is 15.0. The Hall–Kier alpha value is -2.08. The van der Waals surface area contributed by atoms with Crippen molar-refractivity contribution in [2.75, 3.05) is 27.2 Å². The predicted octanol–water partition coefficient (Wildman–Crippen LogP) is -0.249. The van der Waals surface area contributed by atoms with E-state index in [0.717, 1.165) is 12.1 Å². The summed E-state index contributed by atoms with van der Waals surface area (Å²) in [5.74, 6) is -0.0470. The average Bonchev–Trinajstić information content (AvgIpc) is 2.36. The van der Waals surface area contributed by atoms with Crippen LogP contribution in [0.5, 0.6) is 0 Å². The minimum absolute atomic E-state index is 0.0424. The lowest BCUT2D eigenvalue weighted by Gasteiger charge is -2.10. The van der Waals surface area contributed by atoms with Gasteiger partial charge in [-0.15, -0.1) is 0 Å². The van der Waals surface area contributed by atoms with Crippen LogP contribution in [0.4, 0.5) is 0 Å². The summed E-state index contributed by atoms with van der Waals surface area (Å²) in [4.78, 5) is 17.8. The Morgan fingerprint density at radius 2 is 2.11 bits per heavy atom. The van der Waals surface area contributed by atoms with Crippen LogP contribution >= 0.6 is 0 Å². The third kappa shape index (κ3) is 5.87. The lowest BCUT2D eigenvalue weighted by atomic mass is 10.1. The van der Waals surface area contributed by atoms with E-state index in [4.69, 9.17) is 11.5 Å². The van der Waals surface area contributed by atoms with Crippen LogP contribution in [0.2, 0.25) is 0 Å². The summed E-state index contributed by atoms with van der Waals surface area (Å²) >= 11 is 0. The van der Waals surface area contributed by atoms with Crippen molar-refractivity contribution in [2.24, 2.45) is 16.5 Å². The molecular formula is C13H21N5O. The number of nitrogens with zero attached hydrogens (tertiary/aromatic N) is 2. The number of hydrogen-bond donors (Lipinski definition) is 3. The SMILES string of the molecule is CN(C)CCNC(=O)c1cccc(CN=C(N)N)c1. The van der Waals surface area contributed by atoms with Gasteiger partial charge >= 0.3 is 0 Å². The van der Waals surface area contributed by atoms with E-state index in [2.05, 4.69) is 10.3 Å². The third-order valence-electron chi connectivity index (χ3n) is 2.48. The molecule has 0 atom stereocenters. The molecule has 5 N–H and O–H groups in total. The Morgan fingerprint density at radius 1 is 1.37 bits per heavy atom. The van der Waals surface area contributed by atoms with Crippen molar-refractivity contribution < 1.29 is 4.79 Å². The van der Waals surface area contributed by atoms with Crippen molar-refractivity contribution in [1.82, 2.24) is 10.2 Å². The summed E-state index contributed by atoms with van der Waals surface area (Å²) in [5, 5.41) is 2.86. The number of carbonyl (C=O) groups excluding carboxylic acids is 1. The highest BCUT2D eigenvalue weighted by Crippen LogP contribution is 2.06. The lowest BCUT2D eigenvalue weighted by molar-refractivity contribution is 0.0951. The molecule has 0 aliphatic rings. The van der Waals surface area contributed by atoms with Gasteiger partial charge in [0.1, 0.15) is 0 Å². The van der Waals surface area contributed by atoms with E-state index in [-0.39, 0.29) is 11.9 Å². The van der Waals surface area contributed by atoms with Gasteiger partial charge in [0.05, 0.1) is 6.54 Å². The Kier molecular flexibility index (Phi) is 5.81. The van der Waals surface area contributed by atoms with Crippen molar-refractivity contribution >= 4 is 11.9 Å². The maximum absolute atomic E-state index is 11.9. The molecule has 0 heterocycles. The lowest BCUT2D eigenvalue weighted by Crippen LogP contribution is -2.31. The number of amides is 1. The highest BCUT2D eigenvalue weighted by atomic mass is 16.1. The Labute approximate surface area is 113 Å². The molecule has 0 spiro atoms. The second kappa shape index (κ2) is 7.38. The second-order valence-electron chi connectivity index (χ2n) is 4.50. The van der Waals surface area contributed by atoms with Gasteiger partial charge in [-0.2, -0.15) is 0 Å². The van der Waals surface area contributed by atoms with E-state index in [0.29, 0.717) is 18.7 Å². The largest absolute Gasteiger partial charge is 0.370 e. The Morgan fingerprint density at radius 3 is 2.74 bits per heavy atom. The molecule has 0 unspecified atom stereocenters. The van der Waals surface area contributed by atoms with Gasteiger partial charge in [0.25, 0.3) is 5.91 Å². The summed E-state index contributed by atoms with van der Waals surface area (Å²) in [6, 6.07) is 7.25. The number of likely N-dealkylation sites (N-methyl/N-ethyl adjacent to an activating group) is 1. The minimum atomic E-state index is -0.0894. The molecule has 1 aromatic rings. The number of guanidine groups is 1. The number of hydrogen-bond acceptors (Lipinski definition) is 3. The van der Waals surface area contributed by atoms with Gasteiger partial charge in [-0.3, -0.25) is 4.79 Å². The fourth-order valence-electron chi connectivity index (χ4n) is 1.49. The van der Waals surface area contributed by atoms with E-state index >= 15 is 0 Å². The molecule has 0 aliphatic heterocycles. The normalized spacial score (nSPS) is 10.3. The fraction of sp³-hybridized carbons (Fsp3) is 0.385. The zero-order valence-electron chi connectivity index (χ0n) is 11.4. The number of rotatable bonds is 6. The highest BCUT2D eigenvalue weighted by Gasteiger charge is 2.05. The maximum atomic E-state index is 11.9. The summed E-state index contributed by atoms with van der Waals surface area (Å²) in [6.07, 6.45) is 0. The molecule has 19 heavy (non-hydrogen) atoms. The molecule has 0 saturated carbocycles. The molecule has 6 heteroatoms. The summed E-state index contributed by atoms with van der Waals surface area (Å²) < 4.78 is 0. The van der Waals surface area contributed by atoms with Crippen LogP contribution in [0.1, 0.15) is 15.9 Å². The number of nitrogens with one attached hydrogen (secondary N) is 1. The number of benzene rings is 1. The van der Waals surface area contributed by atoms with Gasteiger partial charge < -0.3 is 21.7 Å². The highest BCUT2D eigenvalue weighted by molar-refractivity contribution is 5.94. The smallest absolute Gasteiger partial charge is 0.251 e. The van der Waals surface area contributed by atoms with E-state index in [1.807, 2.05) is 31.1 Å². The van der Waals surface area contributed by atoms with Crippen molar-refractivity contribution in [1.29, 1.82) is 0 Å². The predicted molar refractivity (Wildman–Crippen MR) is 76.8 cm³/mol. The van der Waals surface area contributed by atoms with Gasteiger partial charge in [-0.05, 0) is 31.8 Å². The molecule has 0 bridgehead atoms. The average molecular weight is 263 g/mol. The van der Waals surface area contributed by atoms with Gasteiger partial charge in [0.15, 0.2) is 5.96 Å². The number of aliphatic imine (C=N–C) groups is 1. The van der Waals surface area contributed by atoms with Crippen LogP contribution in [0.3, 0.4) is 0 Å². The summed E-state index contributed by atoms with van der Waals surface area (Å²) in [6.45, 7) is 1.80. The molecule has 6 nitrogen and oxygen atoms in total. The van der Waals surface area contributed by atoms with Crippen LogP contribution < -0.4 is 16.8 Å². The molecular weight excluding hydrogens is 242 g/mol. The Balaban J connectivity index is 2.60. The van der Waals surface area contributed by atoms with Crippen molar-refractivity contribution in [2.45, 2.75) is 6.54 Å². The van der Waals surface area contributed by atoms with Gasteiger partial charge in [-0.25, -0.2) is 4.99 Å². The zero-order chi connectivity index (χ0) is 14.3. The standard InChI is InChI=1S/C13H21N5O/c1-18(2)7-6-16-12(19)11-5-3-4-10(8-11)9-17-13(14)15/h3-5,8H,6-7,9H2,1-2H3,(H,16,19)(H4,14,15,17). The molecule has 1 aromatic carbocycles. The van der Waals surface area contributed by atoms with Crippen molar-refractivity contribution in [3.05, 3.63) is 35.4 Å². The quantitative estimate of drug-likeness (QED) is 0.487. The molecule has 0 saturated heterocycles. The summed E-state index contributed by atoms with van der Waals surface area (Å²) in [7, 11) is 3.92. The maximum Gasteiger partial charge on any atom is 0.251 e. The van der Waals surface area contributed by atoms with Crippen LogP contribution in [0, 0.1) is 0 Å². The third-order valence-corrected chi connectivity index (χ3v) is 2.48. The first-order valence-electron chi connectivity index (χ1n) is 6.06. The van der Waals surface area contributed by atoms with E-state index < -0.39 is 0 Å². The first-order valence-corrected chi connectivity index (χ1v) is 6.06. The van der Waals surface area contributed by atoms with Crippen molar-refractivity contribution in [3.63, 3.8) is 0 Å². The van der Waals surface area contributed by atoms with E-state index in [1.54, 1.807) is 12.1 Å². The Bertz CT molecular complexity index is 452. The second-order valence-corrected chi connectivity index (χ2v) is 4.50. The fourth-order valence-corrected chi connectivity index (χ4v) is 1.49. The molecule has 1 amide bonds. The molecule has 0 radical (unpaired) electrons. The van der Waals surface area contributed by atoms with Gasteiger partial charge in [0.2, 0.25) is 0 Å². The van der Waals surface area contributed by atoms with E-state index in [1.165, 1.54) is 0 Å². The monoisotopic (exact) mass is 263 g/mol. The topological polar surface area (TPSA) is 96.7 Å². The molecule has 104 valence electrons. The summed E-state index contributed by atoms with van der Waals surface area (Å²) in [5.41, 5.74) is 12.1. The molecule has 0 aliphatic carbocycles. The molecule has 0 aromatic heterocycles. The first-order chi connectivity index (χ1) is 8.99. The van der Waals surface area contributed by atoms with Gasteiger partial charge in [0, 0.05) is 18.7 Å². The zero-order valence-corrected chi connectivity index (χ0v) is 11.4. The van der Waals surface area contributed by atoms with Crippen molar-refractivity contribution in [3.8, 4) is 0 Å². The van der Waals surface area contributed by atoms with E-state index in [9.17, 15) is 4.79 Å². The van der Waals surface area contributed by atoms with Gasteiger partial charge in [-0.1, -0.05) is 12.1 Å². The van der Waals surface area contributed by atoms with Crippen LogP contribution in [0.25, 0.3) is 0 Å².